The quantitative estimate of drug-likeness (QED) is 0.826. The molecule has 0 aromatic carbocycles. The Labute approximate surface area is 89.6 Å². The molecule has 3 heteroatoms. The molecule has 0 aliphatic heterocycles. The van der Waals surface area contributed by atoms with Gasteiger partial charge in [0, 0.05) is 24.2 Å². The van der Waals surface area contributed by atoms with E-state index in [0.717, 1.165) is 17.7 Å². The van der Waals surface area contributed by atoms with Crippen LogP contribution in [-0.4, -0.2) is 15.2 Å². The van der Waals surface area contributed by atoms with Crippen molar-refractivity contribution in [2.75, 3.05) is 0 Å². The van der Waals surface area contributed by atoms with Gasteiger partial charge in [-0.3, -0.25) is 10.1 Å². The first-order chi connectivity index (χ1) is 7.42. The van der Waals surface area contributed by atoms with Crippen LogP contribution in [0.25, 0.3) is 11.3 Å². The summed E-state index contributed by atoms with van der Waals surface area (Å²) in [7, 11) is 0. The second-order valence-corrected chi connectivity index (χ2v) is 3.60. The molecule has 0 aliphatic carbocycles. The van der Waals surface area contributed by atoms with E-state index < -0.39 is 0 Å². The summed E-state index contributed by atoms with van der Waals surface area (Å²) in [6.07, 6.45) is 9.10. The van der Waals surface area contributed by atoms with Gasteiger partial charge in [0.25, 0.3) is 0 Å². The average molecular weight is 201 g/mol. The van der Waals surface area contributed by atoms with Crippen LogP contribution in [0.15, 0.2) is 30.7 Å². The smallest absolute Gasteiger partial charge is 0.0968 e. The van der Waals surface area contributed by atoms with Crippen molar-refractivity contribution in [1.29, 1.82) is 0 Å². The fourth-order valence-electron chi connectivity index (χ4n) is 1.63. The lowest BCUT2D eigenvalue weighted by atomic mass is 10.1. The van der Waals surface area contributed by atoms with Gasteiger partial charge in [0.1, 0.15) is 0 Å². The molecule has 2 aromatic rings. The summed E-state index contributed by atoms with van der Waals surface area (Å²) in [5.74, 6) is 0. The van der Waals surface area contributed by atoms with Crippen LogP contribution in [0.2, 0.25) is 0 Å². The van der Waals surface area contributed by atoms with Crippen molar-refractivity contribution < 1.29 is 0 Å². The maximum absolute atomic E-state index is 4.27. The maximum atomic E-state index is 4.27. The van der Waals surface area contributed by atoms with Crippen LogP contribution in [0.3, 0.4) is 0 Å². The van der Waals surface area contributed by atoms with Gasteiger partial charge in [-0.15, -0.1) is 0 Å². The third-order valence-electron chi connectivity index (χ3n) is 2.45. The van der Waals surface area contributed by atoms with Gasteiger partial charge < -0.3 is 0 Å². The van der Waals surface area contributed by atoms with Crippen LogP contribution >= 0.6 is 0 Å². The van der Waals surface area contributed by atoms with Crippen LogP contribution < -0.4 is 0 Å². The Bertz CT molecular complexity index is 406. The number of aryl methyl sites for hydroxylation is 1. The summed E-state index contributed by atoms with van der Waals surface area (Å²) < 4.78 is 0. The van der Waals surface area contributed by atoms with E-state index in [0.29, 0.717) is 0 Å². The van der Waals surface area contributed by atoms with Crippen molar-refractivity contribution >= 4 is 0 Å². The van der Waals surface area contributed by atoms with E-state index in [1.54, 1.807) is 6.20 Å². The molecule has 0 unspecified atom stereocenters. The molecular weight excluding hydrogens is 186 g/mol. The lowest BCUT2D eigenvalue weighted by Crippen LogP contribution is -1.87. The first-order valence-corrected chi connectivity index (χ1v) is 5.35. The van der Waals surface area contributed by atoms with Crippen molar-refractivity contribution in [2.24, 2.45) is 0 Å². The van der Waals surface area contributed by atoms with Gasteiger partial charge >= 0.3 is 0 Å². The first-order valence-electron chi connectivity index (χ1n) is 5.35. The molecule has 0 bridgehead atoms. The molecule has 78 valence electrons. The minimum absolute atomic E-state index is 1.04. The number of hydrogen-bond donors (Lipinski definition) is 1. The standard InChI is InChI=1S/C12H15N3/c1-2-3-5-11-9-14-15-12(11)10-6-4-7-13-8-10/h4,6-9H,2-3,5H2,1H3,(H,14,15). The van der Waals surface area contributed by atoms with Crippen LogP contribution in [0, 0.1) is 0 Å². The number of pyridine rings is 1. The van der Waals surface area contributed by atoms with E-state index in [-0.39, 0.29) is 0 Å². The number of aromatic nitrogens is 3. The van der Waals surface area contributed by atoms with E-state index in [9.17, 15) is 0 Å². The maximum Gasteiger partial charge on any atom is 0.0968 e. The van der Waals surface area contributed by atoms with E-state index in [2.05, 4.69) is 22.1 Å². The predicted octanol–water partition coefficient (Wildman–Crippen LogP) is 2.81. The van der Waals surface area contributed by atoms with Crippen molar-refractivity contribution in [1.82, 2.24) is 15.2 Å². The first kappa shape index (κ1) is 9.90. The number of unbranched alkanes of at least 4 members (excludes halogenated alkanes) is 1. The number of rotatable bonds is 4. The van der Waals surface area contributed by atoms with Crippen molar-refractivity contribution in [3.05, 3.63) is 36.3 Å². The molecule has 0 spiro atoms. The summed E-state index contributed by atoms with van der Waals surface area (Å²) in [6, 6.07) is 3.98. The number of nitrogens with zero attached hydrogens (tertiary/aromatic N) is 2. The Morgan fingerprint density at radius 1 is 1.40 bits per heavy atom. The molecule has 2 rings (SSSR count). The summed E-state index contributed by atoms with van der Waals surface area (Å²) in [5.41, 5.74) is 3.41. The SMILES string of the molecule is CCCCc1c[nH]nc1-c1cccnc1. The third-order valence-corrected chi connectivity index (χ3v) is 2.45. The fourth-order valence-corrected chi connectivity index (χ4v) is 1.63. The van der Waals surface area contributed by atoms with Gasteiger partial charge in [0.15, 0.2) is 0 Å². The average Bonchev–Trinajstić information content (AvgIpc) is 2.75. The molecule has 0 fully saturated rings. The highest BCUT2D eigenvalue weighted by atomic mass is 15.1. The highest BCUT2D eigenvalue weighted by Gasteiger charge is 2.07. The molecule has 0 saturated heterocycles. The zero-order chi connectivity index (χ0) is 10.5. The van der Waals surface area contributed by atoms with Gasteiger partial charge in [-0.2, -0.15) is 5.10 Å². The zero-order valence-electron chi connectivity index (χ0n) is 8.90. The molecule has 2 heterocycles. The molecular formula is C12H15N3. The van der Waals surface area contributed by atoms with E-state index >= 15 is 0 Å². The Balaban J connectivity index is 2.25. The summed E-state index contributed by atoms with van der Waals surface area (Å²) in [6.45, 7) is 2.20. The van der Waals surface area contributed by atoms with Gasteiger partial charge in [-0.05, 0) is 30.5 Å². The van der Waals surface area contributed by atoms with Crippen molar-refractivity contribution in [3.8, 4) is 11.3 Å². The normalized spacial score (nSPS) is 10.5. The molecule has 0 aliphatic rings. The van der Waals surface area contributed by atoms with E-state index in [1.807, 2.05) is 24.5 Å². The number of H-pyrrole nitrogens is 1. The Kier molecular flexibility index (Phi) is 3.12. The number of nitrogens with one attached hydrogen (secondary N) is 1. The highest BCUT2D eigenvalue weighted by Crippen LogP contribution is 2.21. The van der Waals surface area contributed by atoms with Crippen LogP contribution in [-0.2, 0) is 6.42 Å². The molecule has 0 radical (unpaired) electrons. The van der Waals surface area contributed by atoms with E-state index in [4.69, 9.17) is 0 Å². The van der Waals surface area contributed by atoms with Crippen molar-refractivity contribution in [3.63, 3.8) is 0 Å². The molecule has 0 atom stereocenters. The second kappa shape index (κ2) is 4.73. The molecule has 1 N–H and O–H groups in total. The fraction of sp³-hybridized carbons (Fsp3) is 0.333. The van der Waals surface area contributed by atoms with Gasteiger partial charge in [0.05, 0.1) is 5.69 Å². The summed E-state index contributed by atoms with van der Waals surface area (Å²) >= 11 is 0. The Morgan fingerprint density at radius 2 is 2.33 bits per heavy atom. The predicted molar refractivity (Wildman–Crippen MR) is 60.4 cm³/mol. The largest absolute Gasteiger partial charge is 0.285 e. The third kappa shape index (κ3) is 2.24. The number of hydrogen-bond acceptors (Lipinski definition) is 2. The highest BCUT2D eigenvalue weighted by molar-refractivity contribution is 5.61. The molecule has 2 aromatic heterocycles. The van der Waals surface area contributed by atoms with Crippen molar-refractivity contribution in [2.45, 2.75) is 26.2 Å². The molecule has 15 heavy (non-hydrogen) atoms. The molecule has 0 amide bonds. The van der Waals surface area contributed by atoms with Gasteiger partial charge in [-0.1, -0.05) is 13.3 Å². The lowest BCUT2D eigenvalue weighted by molar-refractivity contribution is 0.796. The van der Waals surface area contributed by atoms with Crippen LogP contribution in [0.5, 0.6) is 0 Å². The zero-order valence-corrected chi connectivity index (χ0v) is 8.90. The topological polar surface area (TPSA) is 41.6 Å². The molecule has 0 saturated carbocycles. The minimum Gasteiger partial charge on any atom is -0.285 e. The van der Waals surface area contributed by atoms with Gasteiger partial charge in [0.2, 0.25) is 0 Å². The van der Waals surface area contributed by atoms with Crippen LogP contribution in [0.1, 0.15) is 25.3 Å². The Hall–Kier alpha value is -1.64. The minimum atomic E-state index is 1.04. The number of aromatic amines is 1. The second-order valence-electron chi connectivity index (χ2n) is 3.60. The summed E-state index contributed by atoms with van der Waals surface area (Å²) in [5, 5.41) is 7.20. The van der Waals surface area contributed by atoms with E-state index in [1.165, 1.54) is 18.4 Å². The lowest BCUT2D eigenvalue weighted by Gasteiger charge is -2.00. The Morgan fingerprint density at radius 3 is 3.07 bits per heavy atom. The molecule has 3 nitrogen and oxygen atoms in total. The van der Waals surface area contributed by atoms with Gasteiger partial charge in [-0.25, -0.2) is 0 Å². The summed E-state index contributed by atoms with van der Waals surface area (Å²) in [4.78, 5) is 4.11. The monoisotopic (exact) mass is 201 g/mol. The van der Waals surface area contributed by atoms with Crippen LogP contribution in [0.4, 0.5) is 0 Å².